The maximum atomic E-state index is 11.7. The first-order chi connectivity index (χ1) is 7.82. The molecule has 0 radical (unpaired) electrons. The van der Waals surface area contributed by atoms with Crippen LogP contribution in [-0.2, 0) is 5.41 Å². The van der Waals surface area contributed by atoms with E-state index in [4.69, 9.17) is 0 Å². The molecule has 2 heterocycles. The molecule has 0 aliphatic heterocycles. The summed E-state index contributed by atoms with van der Waals surface area (Å²) >= 11 is 1.20. The molecule has 6 nitrogen and oxygen atoms in total. The number of thiophene rings is 1. The predicted octanol–water partition coefficient (Wildman–Crippen LogP) is 2.19. The van der Waals surface area contributed by atoms with Crippen LogP contribution in [0.4, 0.5) is 5.69 Å². The number of nitrogens with zero attached hydrogens (tertiary/aromatic N) is 2. The fourth-order valence-electron chi connectivity index (χ4n) is 1.61. The number of fused-ring (bicyclic) bond motifs is 1. The van der Waals surface area contributed by atoms with Gasteiger partial charge < -0.3 is 4.98 Å². The number of rotatable bonds is 1. The predicted molar refractivity (Wildman–Crippen MR) is 65.6 cm³/mol. The van der Waals surface area contributed by atoms with Crippen LogP contribution in [0.15, 0.2) is 11.1 Å². The monoisotopic (exact) mass is 253 g/mol. The molecule has 0 aliphatic carbocycles. The van der Waals surface area contributed by atoms with Gasteiger partial charge in [-0.2, -0.15) is 0 Å². The Morgan fingerprint density at radius 1 is 1.47 bits per heavy atom. The van der Waals surface area contributed by atoms with Gasteiger partial charge in [0.05, 0.1) is 16.1 Å². The topological polar surface area (TPSA) is 88.9 Å². The molecule has 0 saturated carbocycles. The second kappa shape index (κ2) is 3.63. The van der Waals surface area contributed by atoms with Crippen molar-refractivity contribution in [3.05, 3.63) is 31.7 Å². The van der Waals surface area contributed by atoms with Gasteiger partial charge in [-0.05, 0) is 0 Å². The Morgan fingerprint density at radius 2 is 2.12 bits per heavy atom. The third-order valence-electron chi connectivity index (χ3n) is 2.33. The van der Waals surface area contributed by atoms with E-state index in [2.05, 4.69) is 9.97 Å². The van der Waals surface area contributed by atoms with Gasteiger partial charge in [-0.3, -0.25) is 14.9 Å². The van der Waals surface area contributed by atoms with E-state index < -0.39 is 10.5 Å². The Balaban J connectivity index is 2.97. The van der Waals surface area contributed by atoms with E-state index in [1.54, 1.807) is 0 Å². The molecule has 2 aromatic heterocycles. The molecule has 0 bridgehead atoms. The summed E-state index contributed by atoms with van der Waals surface area (Å²) in [7, 11) is 0. The van der Waals surface area contributed by atoms with Crippen LogP contribution in [-0.4, -0.2) is 14.9 Å². The van der Waals surface area contributed by atoms with Crippen molar-refractivity contribution in [1.29, 1.82) is 0 Å². The fraction of sp³-hybridized carbons (Fsp3) is 0.400. The highest BCUT2D eigenvalue weighted by Crippen LogP contribution is 2.41. The second-order valence-corrected chi connectivity index (χ2v) is 5.70. The van der Waals surface area contributed by atoms with E-state index in [9.17, 15) is 14.9 Å². The van der Waals surface area contributed by atoms with Gasteiger partial charge in [0, 0.05) is 5.41 Å². The Kier molecular flexibility index (Phi) is 2.50. The van der Waals surface area contributed by atoms with E-state index in [-0.39, 0.29) is 16.5 Å². The normalized spacial score (nSPS) is 11.9. The number of aromatic amines is 1. The lowest BCUT2D eigenvalue weighted by atomic mass is 9.93. The molecule has 0 unspecified atom stereocenters. The molecular formula is C10H11N3O3S. The molecule has 0 amide bonds. The molecule has 7 heteroatoms. The highest BCUT2D eigenvalue weighted by atomic mass is 32.1. The first kappa shape index (κ1) is 11.7. The van der Waals surface area contributed by atoms with Gasteiger partial charge in [0.1, 0.15) is 4.83 Å². The Morgan fingerprint density at radius 3 is 2.65 bits per heavy atom. The lowest BCUT2D eigenvalue weighted by Crippen LogP contribution is -2.12. The summed E-state index contributed by atoms with van der Waals surface area (Å²) < 4.78 is 0. The van der Waals surface area contributed by atoms with Crippen molar-refractivity contribution in [2.75, 3.05) is 0 Å². The van der Waals surface area contributed by atoms with Crippen molar-refractivity contribution < 1.29 is 4.92 Å². The zero-order chi connectivity index (χ0) is 12.8. The standard InChI is InChI=1S/C10H11N3O3S/c1-10(2,3)7-6(13(15)16)5-8(14)11-4-12-9(5)17-7/h4H,1-3H3,(H,11,12,14). The molecule has 0 aromatic carbocycles. The molecule has 0 aliphatic rings. The van der Waals surface area contributed by atoms with Gasteiger partial charge in [0.2, 0.25) is 0 Å². The maximum absolute atomic E-state index is 11.7. The molecule has 90 valence electrons. The van der Waals surface area contributed by atoms with E-state index in [0.717, 1.165) is 0 Å². The van der Waals surface area contributed by atoms with Crippen molar-refractivity contribution >= 4 is 27.2 Å². The second-order valence-electron chi connectivity index (χ2n) is 4.70. The van der Waals surface area contributed by atoms with E-state index in [0.29, 0.717) is 9.71 Å². The van der Waals surface area contributed by atoms with Gasteiger partial charge in [0.25, 0.3) is 11.2 Å². The molecule has 17 heavy (non-hydrogen) atoms. The smallest absolute Gasteiger partial charge is 0.298 e. The summed E-state index contributed by atoms with van der Waals surface area (Å²) in [4.78, 5) is 29.6. The fourth-order valence-corrected chi connectivity index (χ4v) is 2.78. The van der Waals surface area contributed by atoms with Crippen LogP contribution in [0.1, 0.15) is 25.6 Å². The summed E-state index contributed by atoms with van der Waals surface area (Å²) in [5.74, 6) is 0. The van der Waals surface area contributed by atoms with E-state index in [1.807, 2.05) is 20.8 Å². The molecule has 0 atom stereocenters. The number of aromatic nitrogens is 2. The molecular weight excluding hydrogens is 242 g/mol. The lowest BCUT2D eigenvalue weighted by Gasteiger charge is -2.14. The Hall–Kier alpha value is -1.76. The largest absolute Gasteiger partial charge is 0.312 e. The van der Waals surface area contributed by atoms with Crippen LogP contribution in [0.25, 0.3) is 10.2 Å². The molecule has 0 spiro atoms. The van der Waals surface area contributed by atoms with Crippen molar-refractivity contribution in [1.82, 2.24) is 9.97 Å². The van der Waals surface area contributed by atoms with Crippen LogP contribution in [0, 0.1) is 10.1 Å². The average Bonchev–Trinajstić information content (AvgIpc) is 2.57. The van der Waals surface area contributed by atoms with Crippen LogP contribution in [0.3, 0.4) is 0 Å². The zero-order valence-electron chi connectivity index (χ0n) is 9.60. The summed E-state index contributed by atoms with van der Waals surface area (Å²) in [5, 5.41) is 11.2. The van der Waals surface area contributed by atoms with Crippen molar-refractivity contribution in [3.8, 4) is 0 Å². The number of H-pyrrole nitrogens is 1. The van der Waals surface area contributed by atoms with Gasteiger partial charge >= 0.3 is 0 Å². The highest BCUT2D eigenvalue weighted by Gasteiger charge is 2.32. The number of hydrogen-bond acceptors (Lipinski definition) is 5. The van der Waals surface area contributed by atoms with Gasteiger partial charge in [-0.1, -0.05) is 20.8 Å². The van der Waals surface area contributed by atoms with Crippen molar-refractivity contribution in [2.24, 2.45) is 0 Å². The minimum absolute atomic E-state index is 0.0763. The molecule has 0 saturated heterocycles. The minimum atomic E-state index is -0.504. The van der Waals surface area contributed by atoms with Gasteiger partial charge in [-0.15, -0.1) is 11.3 Å². The first-order valence-electron chi connectivity index (χ1n) is 4.97. The molecule has 2 rings (SSSR count). The van der Waals surface area contributed by atoms with Crippen LogP contribution in [0.5, 0.6) is 0 Å². The average molecular weight is 253 g/mol. The van der Waals surface area contributed by atoms with Gasteiger partial charge in [-0.25, -0.2) is 4.98 Å². The van der Waals surface area contributed by atoms with Crippen LogP contribution >= 0.6 is 11.3 Å². The zero-order valence-corrected chi connectivity index (χ0v) is 10.4. The summed E-state index contributed by atoms with van der Waals surface area (Å²) in [6, 6.07) is 0. The number of hydrogen-bond donors (Lipinski definition) is 1. The SMILES string of the molecule is CC(C)(C)c1sc2nc[nH]c(=O)c2c1[N+](=O)[O-]. The number of nitro groups is 1. The Labute approximate surface area is 100 Å². The van der Waals surface area contributed by atoms with Gasteiger partial charge in [0.15, 0.2) is 5.39 Å². The van der Waals surface area contributed by atoms with Crippen molar-refractivity contribution in [2.45, 2.75) is 26.2 Å². The van der Waals surface area contributed by atoms with Crippen LogP contribution < -0.4 is 5.56 Å². The summed E-state index contributed by atoms with van der Waals surface area (Å²) in [6.45, 7) is 5.62. The van der Waals surface area contributed by atoms with Crippen LogP contribution in [0.2, 0.25) is 0 Å². The first-order valence-corrected chi connectivity index (χ1v) is 5.79. The van der Waals surface area contributed by atoms with E-state index >= 15 is 0 Å². The summed E-state index contributed by atoms with van der Waals surface area (Å²) in [6.07, 6.45) is 1.26. The third-order valence-corrected chi connectivity index (χ3v) is 3.85. The Bertz CT molecular complexity index is 651. The quantitative estimate of drug-likeness (QED) is 0.623. The lowest BCUT2D eigenvalue weighted by molar-refractivity contribution is -0.383. The molecule has 0 fully saturated rings. The third kappa shape index (κ3) is 1.82. The summed E-state index contributed by atoms with van der Waals surface area (Å²) in [5.41, 5.74) is -0.972. The van der Waals surface area contributed by atoms with Crippen molar-refractivity contribution in [3.63, 3.8) is 0 Å². The highest BCUT2D eigenvalue weighted by molar-refractivity contribution is 7.19. The number of nitrogens with one attached hydrogen (secondary N) is 1. The van der Waals surface area contributed by atoms with E-state index in [1.165, 1.54) is 17.7 Å². The molecule has 2 aromatic rings. The maximum Gasteiger partial charge on any atom is 0.298 e. The molecule has 1 N–H and O–H groups in total. The minimum Gasteiger partial charge on any atom is -0.312 e.